The normalized spacial score (nSPS) is 17.1. The first-order valence-electron chi connectivity index (χ1n) is 11.3. The molecule has 3 amide bonds. The van der Waals surface area contributed by atoms with E-state index in [2.05, 4.69) is 15.6 Å². The number of fused-ring (bicyclic) bond motifs is 1. The number of benzene rings is 1. The smallest absolute Gasteiger partial charge is 0.322 e. The lowest BCUT2D eigenvalue weighted by molar-refractivity contribution is -0.143. The van der Waals surface area contributed by atoms with Crippen LogP contribution in [0.25, 0.3) is 10.9 Å². The van der Waals surface area contributed by atoms with Gasteiger partial charge in [0.1, 0.15) is 18.6 Å². The maximum absolute atomic E-state index is 13.2. The molecule has 3 unspecified atom stereocenters. The van der Waals surface area contributed by atoms with Gasteiger partial charge in [-0.3, -0.25) is 24.0 Å². The van der Waals surface area contributed by atoms with Crippen molar-refractivity contribution in [3.05, 3.63) is 36.0 Å². The highest BCUT2D eigenvalue weighted by Gasteiger charge is 2.38. The Balaban J connectivity index is 1.69. The minimum atomic E-state index is -1.22. The minimum absolute atomic E-state index is 0.181. The van der Waals surface area contributed by atoms with Crippen LogP contribution in [-0.4, -0.2) is 81.0 Å². The van der Waals surface area contributed by atoms with Crippen LogP contribution >= 0.6 is 0 Å². The van der Waals surface area contributed by atoms with Gasteiger partial charge in [0.2, 0.25) is 17.7 Å². The Kier molecular flexibility index (Phi) is 8.42. The number of aromatic nitrogens is 1. The molecule has 0 aliphatic carbocycles. The molecule has 1 aromatic heterocycles. The molecule has 3 rings (SSSR count). The van der Waals surface area contributed by atoms with Gasteiger partial charge in [-0.15, -0.1) is 0 Å². The van der Waals surface area contributed by atoms with Gasteiger partial charge in [-0.05, 0) is 37.3 Å². The third kappa shape index (κ3) is 6.57. The average Bonchev–Trinajstić information content (AvgIpc) is 3.47. The molecule has 2 aromatic rings. The van der Waals surface area contributed by atoms with Crippen LogP contribution in [0.15, 0.2) is 30.5 Å². The van der Waals surface area contributed by atoms with Crippen molar-refractivity contribution < 1.29 is 34.2 Å². The first-order chi connectivity index (χ1) is 16.7. The Morgan fingerprint density at radius 1 is 1.14 bits per heavy atom. The lowest BCUT2D eigenvalue weighted by Crippen LogP contribution is -2.56. The van der Waals surface area contributed by atoms with Crippen molar-refractivity contribution in [1.29, 1.82) is 0 Å². The second-order valence-electron chi connectivity index (χ2n) is 8.46. The Labute approximate surface area is 200 Å². The van der Waals surface area contributed by atoms with Crippen LogP contribution in [0.3, 0.4) is 0 Å². The quantitative estimate of drug-likeness (QED) is 0.246. The molecule has 0 radical (unpaired) electrons. The molecule has 1 aliphatic rings. The number of carbonyl (C=O) groups excluding carboxylic acids is 3. The number of H-pyrrole nitrogens is 1. The van der Waals surface area contributed by atoms with Crippen LogP contribution in [0.1, 0.15) is 31.2 Å². The number of carbonyl (C=O) groups is 5. The highest BCUT2D eigenvalue weighted by molar-refractivity contribution is 5.94. The summed E-state index contributed by atoms with van der Waals surface area (Å²) < 4.78 is 0. The van der Waals surface area contributed by atoms with Gasteiger partial charge in [-0.2, -0.15) is 0 Å². The number of nitrogens with two attached hydrogens (primary N) is 1. The van der Waals surface area contributed by atoms with E-state index >= 15 is 0 Å². The fraction of sp³-hybridized carbons (Fsp3) is 0.435. The molecule has 0 spiro atoms. The van der Waals surface area contributed by atoms with Gasteiger partial charge in [0, 0.05) is 30.1 Å². The SMILES string of the molecule is NC(Cc1c[nH]c2ccccc12)C(=O)NC(CCC(=O)O)C(=O)N1CCCC1C(=O)NCC(=O)O. The van der Waals surface area contributed by atoms with E-state index in [0.717, 1.165) is 16.5 Å². The number of hydrogen-bond donors (Lipinski definition) is 6. The molecule has 1 saturated heterocycles. The number of aliphatic carboxylic acids is 2. The van der Waals surface area contributed by atoms with Gasteiger partial charge in [0.05, 0.1) is 6.04 Å². The average molecular weight is 488 g/mol. The second kappa shape index (κ2) is 11.5. The maximum Gasteiger partial charge on any atom is 0.322 e. The third-order valence-electron chi connectivity index (χ3n) is 5.97. The molecule has 1 aliphatic heterocycles. The van der Waals surface area contributed by atoms with Crippen LogP contribution in [0.2, 0.25) is 0 Å². The lowest BCUT2D eigenvalue weighted by atomic mass is 10.0. The summed E-state index contributed by atoms with van der Waals surface area (Å²) in [4.78, 5) is 64.8. The highest BCUT2D eigenvalue weighted by Crippen LogP contribution is 2.21. The largest absolute Gasteiger partial charge is 0.481 e. The van der Waals surface area contributed by atoms with Gasteiger partial charge in [-0.1, -0.05) is 18.2 Å². The second-order valence-corrected chi connectivity index (χ2v) is 8.46. The van der Waals surface area contributed by atoms with Gasteiger partial charge in [-0.25, -0.2) is 0 Å². The summed E-state index contributed by atoms with van der Waals surface area (Å²) >= 11 is 0. The molecule has 1 fully saturated rings. The Morgan fingerprint density at radius 3 is 2.60 bits per heavy atom. The van der Waals surface area contributed by atoms with E-state index in [9.17, 15) is 24.0 Å². The number of hydrogen-bond acceptors (Lipinski definition) is 6. The molecule has 0 saturated carbocycles. The zero-order valence-corrected chi connectivity index (χ0v) is 19.0. The van der Waals surface area contributed by atoms with E-state index in [0.29, 0.717) is 12.8 Å². The number of nitrogens with one attached hydrogen (secondary N) is 3. The van der Waals surface area contributed by atoms with Crippen molar-refractivity contribution in [1.82, 2.24) is 20.5 Å². The van der Waals surface area contributed by atoms with Gasteiger partial charge < -0.3 is 36.5 Å². The predicted molar refractivity (Wildman–Crippen MR) is 124 cm³/mol. The number of amides is 3. The molecule has 2 heterocycles. The summed E-state index contributed by atoms with van der Waals surface area (Å²) in [7, 11) is 0. The van der Waals surface area contributed by atoms with Crippen LogP contribution in [0.5, 0.6) is 0 Å². The summed E-state index contributed by atoms with van der Waals surface area (Å²) in [6, 6.07) is 4.44. The highest BCUT2D eigenvalue weighted by atomic mass is 16.4. The fourth-order valence-corrected chi connectivity index (χ4v) is 4.22. The van der Waals surface area contributed by atoms with E-state index in [-0.39, 0.29) is 25.8 Å². The van der Waals surface area contributed by atoms with Crippen LogP contribution in [0.4, 0.5) is 0 Å². The van der Waals surface area contributed by atoms with Crippen molar-refractivity contribution in [3.63, 3.8) is 0 Å². The molecule has 0 bridgehead atoms. The number of para-hydroxylation sites is 1. The zero-order valence-electron chi connectivity index (χ0n) is 19.0. The van der Waals surface area contributed by atoms with Crippen molar-refractivity contribution >= 4 is 40.6 Å². The van der Waals surface area contributed by atoms with Crippen LogP contribution < -0.4 is 16.4 Å². The van der Waals surface area contributed by atoms with Crippen molar-refractivity contribution in [2.45, 2.75) is 50.2 Å². The molecule has 188 valence electrons. The summed E-state index contributed by atoms with van der Waals surface area (Å²) in [5.41, 5.74) is 7.83. The number of rotatable bonds is 11. The number of nitrogens with zero attached hydrogens (tertiary/aromatic N) is 1. The van der Waals surface area contributed by atoms with E-state index in [1.54, 1.807) is 6.20 Å². The maximum atomic E-state index is 13.2. The number of aromatic amines is 1. The number of carboxylic acids is 2. The molecule has 12 heteroatoms. The molecule has 7 N–H and O–H groups in total. The van der Waals surface area contributed by atoms with E-state index in [1.807, 2.05) is 24.3 Å². The Morgan fingerprint density at radius 2 is 1.89 bits per heavy atom. The fourth-order valence-electron chi connectivity index (χ4n) is 4.22. The molecule has 12 nitrogen and oxygen atoms in total. The van der Waals surface area contributed by atoms with Gasteiger partial charge in [0.25, 0.3) is 0 Å². The Hall–Kier alpha value is -3.93. The predicted octanol–water partition coefficient (Wildman–Crippen LogP) is -0.421. The van der Waals surface area contributed by atoms with Crippen LogP contribution in [0, 0.1) is 0 Å². The lowest BCUT2D eigenvalue weighted by Gasteiger charge is -2.29. The number of likely N-dealkylation sites (tertiary alicyclic amines) is 1. The molecule has 1 aromatic carbocycles. The topological polar surface area (TPSA) is 195 Å². The summed E-state index contributed by atoms with van der Waals surface area (Å²) in [5.74, 6) is -4.20. The molecule has 3 atom stereocenters. The van der Waals surface area contributed by atoms with E-state index in [1.165, 1.54) is 4.90 Å². The van der Waals surface area contributed by atoms with Crippen LogP contribution in [-0.2, 0) is 30.4 Å². The van der Waals surface area contributed by atoms with Crippen molar-refractivity contribution in [3.8, 4) is 0 Å². The Bertz CT molecular complexity index is 1110. The summed E-state index contributed by atoms with van der Waals surface area (Å²) in [6.07, 6.45) is 2.24. The minimum Gasteiger partial charge on any atom is -0.481 e. The summed E-state index contributed by atoms with van der Waals surface area (Å²) in [6.45, 7) is -0.357. The monoisotopic (exact) mass is 487 g/mol. The van der Waals surface area contributed by atoms with Gasteiger partial charge >= 0.3 is 11.9 Å². The molecular formula is C23H29N5O7. The zero-order chi connectivity index (χ0) is 25.5. The first-order valence-corrected chi connectivity index (χ1v) is 11.3. The van der Waals surface area contributed by atoms with Crippen molar-refractivity contribution in [2.75, 3.05) is 13.1 Å². The van der Waals surface area contributed by atoms with E-state index < -0.39 is 54.3 Å². The summed E-state index contributed by atoms with van der Waals surface area (Å²) in [5, 5.41) is 23.6. The standard InChI is InChI=1S/C23H29N5O7/c24-15(10-13-11-25-16-5-2-1-4-14(13)16)21(33)27-17(7-8-19(29)30)23(35)28-9-3-6-18(28)22(34)26-12-20(31)32/h1-2,4-5,11,15,17-18,25H,3,6-10,12,24H2,(H,26,34)(H,27,33)(H,29,30)(H,31,32). The van der Waals surface area contributed by atoms with E-state index in [4.69, 9.17) is 15.9 Å². The molecular weight excluding hydrogens is 458 g/mol. The molecule has 35 heavy (non-hydrogen) atoms. The first kappa shape index (κ1) is 25.7. The van der Waals surface area contributed by atoms with Gasteiger partial charge in [0.15, 0.2) is 0 Å². The van der Waals surface area contributed by atoms with Crippen molar-refractivity contribution in [2.24, 2.45) is 5.73 Å². The number of carboxylic acid groups (broad SMARTS) is 2. The third-order valence-corrected chi connectivity index (χ3v) is 5.97.